The molecule has 2 unspecified atom stereocenters. The Morgan fingerprint density at radius 3 is 2.42 bits per heavy atom. The molecule has 0 spiro atoms. The largest absolute Gasteiger partial charge is 0.695 e. The quantitative estimate of drug-likeness (QED) is 0.787. The standard InChI is InChI=1S/C13H18NO4P/c1-9(2)8-12(18-19(16)17)13(15)14-11-6-4-10(3)5-7-11/h4-7,9,12H,8H2,1-3H3,(H-,14,15,16,17)/p+1. The van der Waals surface area contributed by atoms with Crippen molar-refractivity contribution in [1.29, 1.82) is 0 Å². The van der Waals surface area contributed by atoms with Gasteiger partial charge in [0, 0.05) is 10.3 Å². The van der Waals surface area contributed by atoms with Gasteiger partial charge in [-0.2, -0.15) is 0 Å². The van der Waals surface area contributed by atoms with Gasteiger partial charge in [0.25, 0.3) is 5.91 Å². The molecule has 0 saturated carbocycles. The Morgan fingerprint density at radius 2 is 1.95 bits per heavy atom. The van der Waals surface area contributed by atoms with Crippen LogP contribution < -0.4 is 5.32 Å². The average molecular weight is 284 g/mol. The van der Waals surface area contributed by atoms with Crippen molar-refractivity contribution in [2.75, 3.05) is 5.32 Å². The van der Waals surface area contributed by atoms with Crippen molar-refractivity contribution in [3.63, 3.8) is 0 Å². The number of rotatable bonds is 6. The van der Waals surface area contributed by atoms with E-state index in [9.17, 15) is 9.36 Å². The van der Waals surface area contributed by atoms with Crippen LogP contribution >= 0.6 is 8.25 Å². The Morgan fingerprint density at radius 1 is 1.37 bits per heavy atom. The minimum absolute atomic E-state index is 0.184. The zero-order chi connectivity index (χ0) is 14.4. The molecule has 0 aliphatic carbocycles. The van der Waals surface area contributed by atoms with Crippen LogP contribution in [0.1, 0.15) is 25.8 Å². The molecule has 1 rings (SSSR count). The number of hydrogen-bond acceptors (Lipinski definition) is 3. The van der Waals surface area contributed by atoms with E-state index in [1.165, 1.54) is 0 Å². The zero-order valence-corrected chi connectivity index (χ0v) is 12.2. The number of amides is 1. The highest BCUT2D eigenvalue weighted by Crippen LogP contribution is 2.23. The summed E-state index contributed by atoms with van der Waals surface area (Å²) in [6, 6.07) is 7.30. The maximum Gasteiger partial charge on any atom is 0.695 e. The minimum atomic E-state index is -2.79. The highest BCUT2D eigenvalue weighted by Gasteiger charge is 2.30. The van der Waals surface area contributed by atoms with E-state index in [2.05, 4.69) is 5.32 Å². The molecular weight excluding hydrogens is 265 g/mol. The first-order chi connectivity index (χ1) is 8.88. The molecule has 0 bridgehead atoms. The summed E-state index contributed by atoms with van der Waals surface area (Å²) in [5.41, 5.74) is 1.73. The Kier molecular flexibility index (Phi) is 6.09. The third-order valence-electron chi connectivity index (χ3n) is 2.51. The molecular formula is C13H19NO4P+. The molecule has 0 aliphatic heterocycles. The fourth-order valence-corrected chi connectivity index (χ4v) is 1.99. The van der Waals surface area contributed by atoms with Crippen molar-refractivity contribution in [3.8, 4) is 0 Å². The van der Waals surface area contributed by atoms with E-state index >= 15 is 0 Å². The van der Waals surface area contributed by atoms with Crippen molar-refractivity contribution in [2.24, 2.45) is 5.92 Å². The molecule has 0 aromatic heterocycles. The van der Waals surface area contributed by atoms with Crippen LogP contribution in [-0.4, -0.2) is 16.9 Å². The minimum Gasteiger partial charge on any atom is -0.324 e. The number of aryl methyl sites for hydroxylation is 1. The van der Waals surface area contributed by atoms with Crippen LogP contribution in [0.25, 0.3) is 0 Å². The molecule has 1 aromatic carbocycles. The summed E-state index contributed by atoms with van der Waals surface area (Å²) in [4.78, 5) is 20.8. The predicted molar refractivity (Wildman–Crippen MR) is 74.0 cm³/mol. The molecule has 1 amide bonds. The van der Waals surface area contributed by atoms with Gasteiger partial charge in [-0.05, 0) is 31.4 Å². The maximum absolute atomic E-state index is 12.0. The van der Waals surface area contributed by atoms with Gasteiger partial charge >= 0.3 is 8.25 Å². The first-order valence-corrected chi connectivity index (χ1v) is 7.22. The van der Waals surface area contributed by atoms with E-state index in [1.807, 2.05) is 32.9 Å². The van der Waals surface area contributed by atoms with Crippen molar-refractivity contribution in [2.45, 2.75) is 33.3 Å². The lowest BCUT2D eigenvalue weighted by atomic mass is 10.1. The Balaban J connectivity index is 2.70. The number of anilines is 1. The van der Waals surface area contributed by atoms with E-state index in [0.29, 0.717) is 12.1 Å². The van der Waals surface area contributed by atoms with Gasteiger partial charge in [-0.1, -0.05) is 31.5 Å². The fourth-order valence-electron chi connectivity index (χ4n) is 1.59. The van der Waals surface area contributed by atoms with E-state index < -0.39 is 20.3 Å². The number of carbonyl (C=O) groups is 1. The lowest BCUT2D eigenvalue weighted by Crippen LogP contribution is -2.30. The number of hydrogen-bond donors (Lipinski definition) is 2. The SMILES string of the molecule is Cc1ccc(NC(=O)C(CC(C)C)O[P+](=O)O)cc1. The molecule has 0 saturated heterocycles. The molecule has 0 fully saturated rings. The van der Waals surface area contributed by atoms with Crippen LogP contribution in [0.15, 0.2) is 24.3 Å². The van der Waals surface area contributed by atoms with Crippen molar-refractivity contribution >= 4 is 19.8 Å². The highest BCUT2D eigenvalue weighted by molar-refractivity contribution is 7.32. The predicted octanol–water partition coefficient (Wildman–Crippen LogP) is 3.01. The van der Waals surface area contributed by atoms with Gasteiger partial charge in [-0.25, -0.2) is 0 Å². The van der Waals surface area contributed by atoms with Gasteiger partial charge in [0.15, 0.2) is 6.10 Å². The first-order valence-electron chi connectivity index (χ1n) is 6.09. The molecule has 5 nitrogen and oxygen atoms in total. The summed E-state index contributed by atoms with van der Waals surface area (Å²) in [5.74, 6) is -0.223. The normalized spacial score (nSPS) is 13.2. The molecule has 6 heteroatoms. The second kappa shape index (κ2) is 7.34. The third kappa shape index (κ3) is 5.92. The average Bonchev–Trinajstić information content (AvgIpc) is 2.30. The van der Waals surface area contributed by atoms with Gasteiger partial charge in [0.2, 0.25) is 0 Å². The summed E-state index contributed by atoms with van der Waals surface area (Å²) >= 11 is 0. The van der Waals surface area contributed by atoms with E-state index in [4.69, 9.17) is 9.42 Å². The Bertz CT molecular complexity index is 444. The van der Waals surface area contributed by atoms with Gasteiger partial charge < -0.3 is 5.32 Å². The maximum atomic E-state index is 12.0. The molecule has 0 aliphatic rings. The van der Waals surface area contributed by atoms with E-state index in [-0.39, 0.29) is 5.92 Å². The molecule has 19 heavy (non-hydrogen) atoms. The first kappa shape index (κ1) is 15.8. The topological polar surface area (TPSA) is 75.6 Å². The highest BCUT2D eigenvalue weighted by atomic mass is 31.1. The van der Waals surface area contributed by atoms with Crippen LogP contribution in [0, 0.1) is 12.8 Å². The second-order valence-corrected chi connectivity index (χ2v) is 5.50. The molecule has 2 atom stereocenters. The van der Waals surface area contributed by atoms with Gasteiger partial charge in [0.1, 0.15) is 0 Å². The monoisotopic (exact) mass is 284 g/mol. The van der Waals surface area contributed by atoms with Crippen LogP contribution in [-0.2, 0) is 13.9 Å². The van der Waals surface area contributed by atoms with Crippen molar-refractivity contribution in [1.82, 2.24) is 0 Å². The molecule has 0 radical (unpaired) electrons. The lowest BCUT2D eigenvalue weighted by Gasteiger charge is -2.13. The summed E-state index contributed by atoms with van der Waals surface area (Å²) in [5, 5.41) is 2.68. The third-order valence-corrected chi connectivity index (χ3v) is 2.95. The van der Waals surface area contributed by atoms with Crippen molar-refractivity contribution < 1.29 is 18.8 Å². The number of carbonyl (C=O) groups excluding carboxylic acids is 1. The zero-order valence-electron chi connectivity index (χ0n) is 11.3. The summed E-state index contributed by atoms with van der Waals surface area (Å²) in [6.07, 6.45) is -0.533. The molecule has 1 aromatic rings. The van der Waals surface area contributed by atoms with E-state index in [0.717, 1.165) is 5.56 Å². The smallest absolute Gasteiger partial charge is 0.324 e. The summed E-state index contributed by atoms with van der Waals surface area (Å²) in [7, 11) is -2.79. The van der Waals surface area contributed by atoms with Crippen LogP contribution in [0.3, 0.4) is 0 Å². The number of nitrogens with one attached hydrogen (secondary N) is 1. The second-order valence-electron chi connectivity index (χ2n) is 4.82. The molecule has 0 heterocycles. The van der Waals surface area contributed by atoms with Gasteiger partial charge in [-0.15, -0.1) is 9.42 Å². The number of benzene rings is 1. The fraction of sp³-hybridized carbons (Fsp3) is 0.462. The van der Waals surface area contributed by atoms with Crippen LogP contribution in [0.2, 0.25) is 0 Å². The van der Waals surface area contributed by atoms with Crippen molar-refractivity contribution in [3.05, 3.63) is 29.8 Å². The molecule has 104 valence electrons. The molecule has 2 N–H and O–H groups in total. The van der Waals surface area contributed by atoms with Crippen LogP contribution in [0.5, 0.6) is 0 Å². The summed E-state index contributed by atoms with van der Waals surface area (Å²) in [6.45, 7) is 5.78. The Hall–Kier alpha value is -1.29. The van der Waals surface area contributed by atoms with Crippen LogP contribution in [0.4, 0.5) is 5.69 Å². The lowest BCUT2D eigenvalue weighted by molar-refractivity contribution is -0.123. The summed E-state index contributed by atoms with van der Waals surface area (Å²) < 4.78 is 15.5. The van der Waals surface area contributed by atoms with Gasteiger partial charge in [-0.3, -0.25) is 4.79 Å². The Labute approximate surface area is 113 Å². The van der Waals surface area contributed by atoms with E-state index in [1.54, 1.807) is 12.1 Å². The van der Waals surface area contributed by atoms with Gasteiger partial charge in [0.05, 0.1) is 0 Å².